The van der Waals surface area contributed by atoms with E-state index in [0.717, 1.165) is 39.6 Å². The zero-order chi connectivity index (χ0) is 18.3. The Morgan fingerprint density at radius 3 is 2.50 bits per heavy atom. The molecular weight excluding hydrogens is 350 g/mol. The fraction of sp³-hybridized carbons (Fsp3) is 0.412. The van der Waals surface area contributed by atoms with E-state index in [-0.39, 0.29) is 5.95 Å². The molecule has 1 fully saturated rings. The highest BCUT2D eigenvalue weighted by molar-refractivity contribution is 7.19. The molecule has 26 heavy (non-hydrogen) atoms. The first-order chi connectivity index (χ1) is 12.4. The SMILES string of the molecule is CC(C)(N)c1cc2nc(-c3cnc(N)nc3)nc(N3CCOCC3)c2s1. The summed E-state index contributed by atoms with van der Waals surface area (Å²) in [6, 6.07) is 2.05. The molecule has 0 amide bonds. The van der Waals surface area contributed by atoms with Gasteiger partial charge in [-0.25, -0.2) is 19.9 Å². The van der Waals surface area contributed by atoms with Crippen molar-refractivity contribution in [3.63, 3.8) is 0 Å². The van der Waals surface area contributed by atoms with Gasteiger partial charge in [-0.3, -0.25) is 0 Å². The number of ether oxygens (including phenoxy) is 1. The maximum absolute atomic E-state index is 6.31. The van der Waals surface area contributed by atoms with Crippen LogP contribution in [0.1, 0.15) is 18.7 Å². The van der Waals surface area contributed by atoms with E-state index in [2.05, 4.69) is 14.9 Å². The van der Waals surface area contributed by atoms with E-state index in [1.165, 1.54) is 0 Å². The number of nitrogen functional groups attached to an aromatic ring is 1. The lowest BCUT2D eigenvalue weighted by Crippen LogP contribution is -2.36. The van der Waals surface area contributed by atoms with Gasteiger partial charge in [0.15, 0.2) is 11.6 Å². The van der Waals surface area contributed by atoms with Crippen LogP contribution >= 0.6 is 11.3 Å². The Labute approximate surface area is 155 Å². The summed E-state index contributed by atoms with van der Waals surface area (Å²) in [4.78, 5) is 21.0. The van der Waals surface area contributed by atoms with Gasteiger partial charge in [-0.05, 0) is 19.9 Å². The lowest BCUT2D eigenvalue weighted by molar-refractivity contribution is 0.122. The summed E-state index contributed by atoms with van der Waals surface area (Å²) in [6.07, 6.45) is 3.29. The lowest BCUT2D eigenvalue weighted by atomic mass is 10.1. The molecule has 4 N–H and O–H groups in total. The molecular formula is C17H21N7OS. The van der Waals surface area contributed by atoms with Crippen LogP contribution in [0.15, 0.2) is 18.5 Å². The third-order valence-electron chi connectivity index (χ3n) is 4.23. The van der Waals surface area contributed by atoms with E-state index in [1.807, 2.05) is 19.9 Å². The number of aromatic nitrogens is 4. The molecule has 0 saturated carbocycles. The molecule has 1 aliphatic heterocycles. The highest BCUT2D eigenvalue weighted by Crippen LogP contribution is 2.37. The zero-order valence-electron chi connectivity index (χ0n) is 14.8. The molecule has 0 radical (unpaired) electrons. The van der Waals surface area contributed by atoms with E-state index in [0.29, 0.717) is 19.0 Å². The van der Waals surface area contributed by atoms with Crippen molar-refractivity contribution in [2.24, 2.45) is 5.73 Å². The molecule has 8 nitrogen and oxygen atoms in total. The summed E-state index contributed by atoms with van der Waals surface area (Å²) >= 11 is 1.65. The lowest BCUT2D eigenvalue weighted by Gasteiger charge is -2.28. The summed E-state index contributed by atoms with van der Waals surface area (Å²) < 4.78 is 6.53. The first-order valence-corrected chi connectivity index (χ1v) is 9.25. The summed E-state index contributed by atoms with van der Waals surface area (Å²) in [5.41, 5.74) is 13.1. The predicted molar refractivity (Wildman–Crippen MR) is 103 cm³/mol. The topological polar surface area (TPSA) is 116 Å². The molecule has 4 heterocycles. The van der Waals surface area contributed by atoms with Crippen LogP contribution in [0.2, 0.25) is 0 Å². The summed E-state index contributed by atoms with van der Waals surface area (Å²) in [5.74, 6) is 1.72. The van der Waals surface area contributed by atoms with Gasteiger partial charge in [-0.2, -0.15) is 0 Å². The second kappa shape index (κ2) is 6.42. The summed E-state index contributed by atoms with van der Waals surface area (Å²) in [7, 11) is 0. The van der Waals surface area contributed by atoms with Gasteiger partial charge in [0.1, 0.15) is 0 Å². The number of nitrogens with zero attached hydrogens (tertiary/aromatic N) is 5. The van der Waals surface area contributed by atoms with Crippen molar-refractivity contribution in [1.29, 1.82) is 0 Å². The number of hydrogen-bond acceptors (Lipinski definition) is 9. The Bertz CT molecular complexity index is 927. The zero-order valence-corrected chi connectivity index (χ0v) is 15.6. The van der Waals surface area contributed by atoms with Gasteiger partial charge in [0.25, 0.3) is 0 Å². The molecule has 1 saturated heterocycles. The monoisotopic (exact) mass is 371 g/mol. The van der Waals surface area contributed by atoms with Crippen LogP contribution in [0, 0.1) is 0 Å². The molecule has 3 aromatic heterocycles. The van der Waals surface area contributed by atoms with Crippen molar-refractivity contribution in [2.45, 2.75) is 19.4 Å². The molecule has 4 rings (SSSR count). The van der Waals surface area contributed by atoms with Crippen LogP contribution in [-0.4, -0.2) is 46.2 Å². The van der Waals surface area contributed by atoms with Crippen LogP contribution in [-0.2, 0) is 10.3 Å². The molecule has 0 aliphatic carbocycles. The van der Waals surface area contributed by atoms with E-state index in [9.17, 15) is 0 Å². The Hall–Kier alpha value is -2.36. The highest BCUT2D eigenvalue weighted by Gasteiger charge is 2.24. The Morgan fingerprint density at radius 1 is 1.15 bits per heavy atom. The molecule has 1 aliphatic rings. The number of thiophene rings is 1. The quantitative estimate of drug-likeness (QED) is 0.715. The van der Waals surface area contributed by atoms with Gasteiger partial charge >= 0.3 is 0 Å². The molecule has 0 unspecified atom stereocenters. The molecule has 0 atom stereocenters. The van der Waals surface area contributed by atoms with Crippen molar-refractivity contribution < 1.29 is 4.74 Å². The number of fused-ring (bicyclic) bond motifs is 1. The molecule has 0 bridgehead atoms. The van der Waals surface area contributed by atoms with Crippen molar-refractivity contribution >= 4 is 33.3 Å². The number of anilines is 2. The highest BCUT2D eigenvalue weighted by atomic mass is 32.1. The number of rotatable bonds is 3. The Kier molecular flexibility index (Phi) is 4.22. The van der Waals surface area contributed by atoms with Crippen LogP contribution in [0.4, 0.5) is 11.8 Å². The second-order valence-electron chi connectivity index (χ2n) is 6.85. The fourth-order valence-electron chi connectivity index (χ4n) is 2.80. The van der Waals surface area contributed by atoms with Gasteiger partial charge in [-0.15, -0.1) is 11.3 Å². The van der Waals surface area contributed by atoms with E-state index >= 15 is 0 Å². The van der Waals surface area contributed by atoms with Crippen LogP contribution in [0.3, 0.4) is 0 Å². The third-order valence-corrected chi connectivity index (χ3v) is 5.69. The summed E-state index contributed by atoms with van der Waals surface area (Å²) in [6.45, 7) is 6.95. The Morgan fingerprint density at radius 2 is 1.85 bits per heavy atom. The first-order valence-electron chi connectivity index (χ1n) is 8.43. The predicted octanol–water partition coefficient (Wildman–Crippen LogP) is 1.76. The minimum absolute atomic E-state index is 0.228. The van der Waals surface area contributed by atoms with Gasteiger partial charge in [-0.1, -0.05) is 0 Å². The smallest absolute Gasteiger partial charge is 0.219 e. The number of hydrogen-bond donors (Lipinski definition) is 2. The summed E-state index contributed by atoms with van der Waals surface area (Å²) in [5, 5.41) is 0. The average molecular weight is 371 g/mol. The fourth-order valence-corrected chi connectivity index (χ4v) is 3.93. The largest absolute Gasteiger partial charge is 0.378 e. The standard InChI is InChI=1S/C17H21N7OS/c1-17(2,19)12-7-11-13(26-12)15(24-3-5-25-6-4-24)23-14(22-11)10-8-20-16(18)21-9-10/h7-9H,3-6,19H2,1-2H3,(H2,18,20,21). The van der Waals surface area contributed by atoms with Crippen molar-refractivity contribution in [3.05, 3.63) is 23.3 Å². The van der Waals surface area contributed by atoms with Crippen LogP contribution < -0.4 is 16.4 Å². The van der Waals surface area contributed by atoms with E-state index in [1.54, 1.807) is 23.7 Å². The van der Waals surface area contributed by atoms with Crippen molar-refractivity contribution in [3.8, 4) is 11.4 Å². The van der Waals surface area contributed by atoms with Gasteiger partial charge in [0.05, 0.1) is 29.0 Å². The van der Waals surface area contributed by atoms with Gasteiger partial charge in [0, 0.05) is 35.9 Å². The molecule has 136 valence electrons. The van der Waals surface area contributed by atoms with E-state index in [4.69, 9.17) is 26.2 Å². The average Bonchev–Trinajstić information content (AvgIpc) is 3.07. The van der Waals surface area contributed by atoms with Crippen molar-refractivity contribution in [1.82, 2.24) is 19.9 Å². The van der Waals surface area contributed by atoms with Crippen molar-refractivity contribution in [2.75, 3.05) is 36.9 Å². The van der Waals surface area contributed by atoms with Gasteiger partial charge in [0.2, 0.25) is 5.95 Å². The molecule has 0 spiro atoms. The minimum Gasteiger partial charge on any atom is -0.378 e. The van der Waals surface area contributed by atoms with Crippen LogP contribution in [0.25, 0.3) is 21.6 Å². The maximum atomic E-state index is 6.31. The normalized spacial score (nSPS) is 15.6. The molecule has 0 aromatic carbocycles. The third kappa shape index (κ3) is 3.20. The number of morpholine rings is 1. The van der Waals surface area contributed by atoms with Crippen LogP contribution in [0.5, 0.6) is 0 Å². The first kappa shape index (κ1) is 17.1. The molecule has 9 heteroatoms. The maximum Gasteiger partial charge on any atom is 0.219 e. The number of nitrogens with two attached hydrogens (primary N) is 2. The minimum atomic E-state index is -0.432. The Balaban J connectivity index is 1.89. The molecule has 3 aromatic rings. The van der Waals surface area contributed by atoms with E-state index < -0.39 is 5.54 Å². The second-order valence-corrected chi connectivity index (χ2v) is 7.90. The van der Waals surface area contributed by atoms with Gasteiger partial charge < -0.3 is 21.1 Å².